The van der Waals surface area contributed by atoms with Gasteiger partial charge in [0, 0.05) is 41.4 Å². The van der Waals surface area contributed by atoms with Gasteiger partial charge in [0.25, 0.3) is 0 Å². The zero-order valence-electron chi connectivity index (χ0n) is 10.4. The molecule has 5 heteroatoms. The van der Waals surface area contributed by atoms with Crippen LogP contribution in [0.4, 0.5) is 0 Å². The van der Waals surface area contributed by atoms with E-state index in [0.29, 0.717) is 0 Å². The zero-order chi connectivity index (χ0) is 13.1. The Balaban J connectivity index is 1.96. The molecule has 0 saturated heterocycles. The van der Waals surface area contributed by atoms with E-state index in [0.717, 1.165) is 33.8 Å². The zero-order valence-corrected chi connectivity index (χ0v) is 12.7. The van der Waals surface area contributed by atoms with Crippen molar-refractivity contribution in [3.63, 3.8) is 0 Å². The third-order valence-corrected chi connectivity index (χ3v) is 3.62. The van der Waals surface area contributed by atoms with Gasteiger partial charge in [-0.15, -0.1) is 0 Å². The largest absolute Gasteiger partial charge is 0.308 e. The van der Waals surface area contributed by atoms with Gasteiger partial charge in [0.1, 0.15) is 0 Å². The van der Waals surface area contributed by atoms with Gasteiger partial charge >= 0.3 is 0 Å². The van der Waals surface area contributed by atoms with Gasteiger partial charge in [0.05, 0.1) is 5.69 Å². The molecular formula is C13H15BrClN3. The van der Waals surface area contributed by atoms with Gasteiger partial charge in [-0.25, -0.2) is 0 Å². The second-order valence-corrected chi connectivity index (χ2v) is 5.58. The molecule has 0 bridgehead atoms. The Hall–Kier alpha value is -0.840. The highest BCUT2D eigenvalue weighted by Gasteiger charge is 2.04. The Bertz CT molecular complexity index is 551. The lowest BCUT2D eigenvalue weighted by Crippen LogP contribution is -2.13. The Morgan fingerprint density at radius 1 is 1.33 bits per heavy atom. The van der Waals surface area contributed by atoms with Crippen LogP contribution in [0.25, 0.3) is 0 Å². The summed E-state index contributed by atoms with van der Waals surface area (Å²) in [4.78, 5) is 0. The Labute approximate surface area is 120 Å². The van der Waals surface area contributed by atoms with E-state index in [2.05, 4.69) is 26.3 Å². The van der Waals surface area contributed by atoms with Crippen molar-refractivity contribution in [2.24, 2.45) is 7.05 Å². The van der Waals surface area contributed by atoms with Crippen LogP contribution in [0.15, 0.2) is 28.9 Å². The molecule has 1 N–H and O–H groups in total. The standard InChI is InChI=1S/C13H15BrClN3/c1-9-11(8-18(2)17-9)7-16-6-10-5-12(14)3-4-13(10)15/h3-5,8,16H,6-7H2,1-2H3. The van der Waals surface area contributed by atoms with Crippen molar-refractivity contribution in [1.82, 2.24) is 15.1 Å². The molecule has 96 valence electrons. The van der Waals surface area contributed by atoms with Crippen LogP contribution in [-0.4, -0.2) is 9.78 Å². The summed E-state index contributed by atoms with van der Waals surface area (Å²) in [6, 6.07) is 5.88. The molecule has 0 aliphatic rings. The van der Waals surface area contributed by atoms with Gasteiger partial charge in [0.15, 0.2) is 0 Å². The molecular weight excluding hydrogens is 314 g/mol. The highest BCUT2D eigenvalue weighted by molar-refractivity contribution is 9.10. The number of halogens is 2. The molecule has 0 amide bonds. The minimum absolute atomic E-state index is 0.743. The predicted octanol–water partition coefficient (Wildman–Crippen LogP) is 3.43. The molecule has 0 radical (unpaired) electrons. The van der Waals surface area contributed by atoms with Crippen LogP contribution in [0.1, 0.15) is 16.8 Å². The van der Waals surface area contributed by atoms with Crippen LogP contribution in [0, 0.1) is 6.92 Å². The topological polar surface area (TPSA) is 29.9 Å². The van der Waals surface area contributed by atoms with Crippen molar-refractivity contribution in [3.05, 3.63) is 50.7 Å². The Morgan fingerprint density at radius 2 is 2.06 bits per heavy atom. The Morgan fingerprint density at radius 3 is 2.72 bits per heavy atom. The summed E-state index contributed by atoms with van der Waals surface area (Å²) in [5.41, 5.74) is 3.36. The number of hydrogen-bond donors (Lipinski definition) is 1. The van der Waals surface area contributed by atoms with E-state index in [9.17, 15) is 0 Å². The number of aryl methyl sites for hydroxylation is 2. The summed E-state index contributed by atoms with van der Waals surface area (Å²) < 4.78 is 2.87. The first kappa shape index (κ1) is 13.6. The van der Waals surface area contributed by atoms with Crippen LogP contribution in [0.5, 0.6) is 0 Å². The van der Waals surface area contributed by atoms with Gasteiger partial charge < -0.3 is 5.32 Å². The van der Waals surface area contributed by atoms with E-state index >= 15 is 0 Å². The van der Waals surface area contributed by atoms with Crippen molar-refractivity contribution in [2.45, 2.75) is 20.0 Å². The maximum Gasteiger partial charge on any atom is 0.0638 e. The first-order valence-corrected chi connectivity index (χ1v) is 6.87. The highest BCUT2D eigenvalue weighted by Crippen LogP contribution is 2.20. The minimum atomic E-state index is 0.743. The van der Waals surface area contributed by atoms with Gasteiger partial charge in [-0.05, 0) is 30.7 Å². The van der Waals surface area contributed by atoms with E-state index in [1.165, 1.54) is 5.56 Å². The van der Waals surface area contributed by atoms with Crippen molar-refractivity contribution in [2.75, 3.05) is 0 Å². The fourth-order valence-electron chi connectivity index (χ4n) is 1.83. The van der Waals surface area contributed by atoms with E-state index in [1.54, 1.807) is 0 Å². The van der Waals surface area contributed by atoms with Gasteiger partial charge in [-0.2, -0.15) is 5.10 Å². The maximum absolute atomic E-state index is 6.14. The van der Waals surface area contributed by atoms with E-state index < -0.39 is 0 Å². The third kappa shape index (κ3) is 3.34. The quantitative estimate of drug-likeness (QED) is 0.932. The summed E-state index contributed by atoms with van der Waals surface area (Å²) in [7, 11) is 1.93. The van der Waals surface area contributed by atoms with Crippen LogP contribution in [0.2, 0.25) is 5.02 Å². The van der Waals surface area contributed by atoms with Crippen molar-refractivity contribution >= 4 is 27.5 Å². The number of benzene rings is 1. The number of nitrogens with one attached hydrogen (secondary N) is 1. The third-order valence-electron chi connectivity index (χ3n) is 2.75. The fraction of sp³-hybridized carbons (Fsp3) is 0.308. The smallest absolute Gasteiger partial charge is 0.0638 e. The molecule has 0 unspecified atom stereocenters. The average molecular weight is 329 g/mol. The van der Waals surface area contributed by atoms with Crippen LogP contribution in [-0.2, 0) is 20.1 Å². The van der Waals surface area contributed by atoms with Gasteiger partial charge in [-0.3, -0.25) is 4.68 Å². The monoisotopic (exact) mass is 327 g/mol. The summed E-state index contributed by atoms with van der Waals surface area (Å²) in [6.45, 7) is 3.55. The lowest BCUT2D eigenvalue weighted by atomic mass is 10.2. The molecule has 0 aliphatic carbocycles. The first-order valence-electron chi connectivity index (χ1n) is 5.70. The van der Waals surface area contributed by atoms with Gasteiger partial charge in [-0.1, -0.05) is 27.5 Å². The summed E-state index contributed by atoms with van der Waals surface area (Å²) in [5.74, 6) is 0. The molecule has 0 fully saturated rings. The maximum atomic E-state index is 6.14. The van der Waals surface area contributed by atoms with E-state index in [-0.39, 0.29) is 0 Å². The van der Waals surface area contributed by atoms with Crippen LogP contribution >= 0.6 is 27.5 Å². The van der Waals surface area contributed by atoms with Crippen molar-refractivity contribution in [3.8, 4) is 0 Å². The number of hydrogen-bond acceptors (Lipinski definition) is 2. The SMILES string of the molecule is Cc1nn(C)cc1CNCc1cc(Br)ccc1Cl. The highest BCUT2D eigenvalue weighted by atomic mass is 79.9. The second-order valence-electron chi connectivity index (χ2n) is 4.25. The lowest BCUT2D eigenvalue weighted by Gasteiger charge is -2.06. The molecule has 0 atom stereocenters. The summed E-state index contributed by atoms with van der Waals surface area (Å²) in [5, 5.41) is 8.48. The summed E-state index contributed by atoms with van der Waals surface area (Å²) in [6.07, 6.45) is 2.03. The summed E-state index contributed by atoms with van der Waals surface area (Å²) >= 11 is 9.58. The molecule has 1 aromatic heterocycles. The number of nitrogens with zero attached hydrogens (tertiary/aromatic N) is 2. The lowest BCUT2D eigenvalue weighted by molar-refractivity contribution is 0.690. The van der Waals surface area contributed by atoms with Crippen molar-refractivity contribution < 1.29 is 0 Å². The molecule has 18 heavy (non-hydrogen) atoms. The van der Waals surface area contributed by atoms with Crippen LogP contribution < -0.4 is 5.32 Å². The average Bonchev–Trinajstić information content (AvgIpc) is 2.62. The van der Waals surface area contributed by atoms with Crippen LogP contribution in [0.3, 0.4) is 0 Å². The molecule has 1 heterocycles. The molecule has 2 aromatic rings. The molecule has 0 aliphatic heterocycles. The van der Waals surface area contributed by atoms with Crippen molar-refractivity contribution in [1.29, 1.82) is 0 Å². The normalized spacial score (nSPS) is 10.9. The van der Waals surface area contributed by atoms with E-state index in [4.69, 9.17) is 11.6 Å². The molecule has 1 aromatic carbocycles. The van der Waals surface area contributed by atoms with E-state index in [1.807, 2.05) is 43.0 Å². The fourth-order valence-corrected chi connectivity index (χ4v) is 2.43. The molecule has 0 spiro atoms. The molecule has 3 nitrogen and oxygen atoms in total. The molecule has 0 saturated carbocycles. The number of rotatable bonds is 4. The first-order chi connectivity index (χ1) is 8.56. The minimum Gasteiger partial charge on any atom is -0.308 e. The Kier molecular flexibility index (Phi) is 4.43. The van der Waals surface area contributed by atoms with Gasteiger partial charge in [0.2, 0.25) is 0 Å². The molecule has 2 rings (SSSR count). The predicted molar refractivity (Wildman–Crippen MR) is 77.6 cm³/mol. The number of aromatic nitrogens is 2. The second kappa shape index (κ2) is 5.87.